The van der Waals surface area contributed by atoms with Gasteiger partial charge in [0.2, 0.25) is 0 Å². The zero-order valence-corrected chi connectivity index (χ0v) is 17.0. The van der Waals surface area contributed by atoms with E-state index < -0.39 is 5.41 Å². The zero-order chi connectivity index (χ0) is 21.2. The summed E-state index contributed by atoms with van der Waals surface area (Å²) in [4.78, 5) is 13.2. The van der Waals surface area contributed by atoms with E-state index in [1.54, 1.807) is 0 Å². The predicted octanol–water partition coefficient (Wildman–Crippen LogP) is 6.43. The van der Waals surface area contributed by atoms with Crippen molar-refractivity contribution in [2.45, 2.75) is 5.41 Å². The van der Waals surface area contributed by atoms with Crippen molar-refractivity contribution in [2.75, 3.05) is 0 Å². The summed E-state index contributed by atoms with van der Waals surface area (Å²) in [6.45, 7) is 0. The smallest absolute Gasteiger partial charge is 0.194 e. The van der Waals surface area contributed by atoms with Gasteiger partial charge in [-0.25, -0.2) is 0 Å². The summed E-state index contributed by atoms with van der Waals surface area (Å²) in [6, 6.07) is 30.9. The summed E-state index contributed by atoms with van der Waals surface area (Å²) in [5.41, 5.74) is 10.1. The molecule has 0 bridgehead atoms. The minimum Gasteiger partial charge on any atom is -0.507 e. The third kappa shape index (κ3) is 1.54. The van der Waals surface area contributed by atoms with Gasteiger partial charge in [-0.3, -0.25) is 4.79 Å². The molecule has 5 aromatic carbocycles. The van der Waals surface area contributed by atoms with Crippen LogP contribution >= 0.6 is 0 Å². The van der Waals surface area contributed by atoms with Gasteiger partial charge in [-0.1, -0.05) is 84.9 Å². The Labute approximate surface area is 184 Å². The molecule has 0 radical (unpaired) electrons. The molecule has 3 aliphatic rings. The van der Waals surface area contributed by atoms with E-state index in [9.17, 15) is 9.90 Å². The molecule has 0 atom stereocenters. The van der Waals surface area contributed by atoms with Crippen molar-refractivity contribution in [3.63, 3.8) is 0 Å². The fourth-order valence-corrected chi connectivity index (χ4v) is 6.63. The van der Waals surface area contributed by atoms with Crippen LogP contribution in [0.15, 0.2) is 91.0 Å². The largest absolute Gasteiger partial charge is 0.507 e. The molecule has 5 aromatic rings. The number of fused-ring (bicyclic) bond motifs is 9. The molecule has 148 valence electrons. The van der Waals surface area contributed by atoms with E-state index in [-0.39, 0.29) is 5.78 Å². The maximum atomic E-state index is 13.2. The molecule has 0 unspecified atom stereocenters. The minimum atomic E-state index is -0.537. The first-order valence-corrected chi connectivity index (χ1v) is 10.9. The highest BCUT2D eigenvalue weighted by Crippen LogP contribution is 2.66. The standard InChI is InChI=1S/C30H16O2/c31-25-15-24-26(17-8-2-1-7-16(17)25)18-9-3-4-12-21(18)30(24)22-13-5-10-19-27(22)28-20(29(19)32)11-6-14-23(28)30/h1-15,31H. The number of phenols is 1. The molecule has 2 heteroatoms. The molecule has 0 aliphatic heterocycles. The molecule has 8 rings (SSSR count). The summed E-state index contributed by atoms with van der Waals surface area (Å²) in [7, 11) is 0. The first-order valence-electron chi connectivity index (χ1n) is 10.9. The molecule has 1 N–H and O–H groups in total. The van der Waals surface area contributed by atoms with Crippen molar-refractivity contribution >= 4 is 16.6 Å². The number of benzene rings is 5. The van der Waals surface area contributed by atoms with E-state index in [0.29, 0.717) is 5.75 Å². The lowest BCUT2D eigenvalue weighted by Crippen LogP contribution is -2.26. The van der Waals surface area contributed by atoms with E-state index in [0.717, 1.165) is 49.7 Å². The molecule has 2 nitrogen and oxygen atoms in total. The maximum Gasteiger partial charge on any atom is 0.194 e. The second kappa shape index (κ2) is 5.17. The first kappa shape index (κ1) is 16.5. The molecule has 0 heterocycles. The maximum absolute atomic E-state index is 13.2. The summed E-state index contributed by atoms with van der Waals surface area (Å²) >= 11 is 0. The van der Waals surface area contributed by atoms with Crippen LogP contribution in [0.3, 0.4) is 0 Å². The van der Waals surface area contributed by atoms with Crippen molar-refractivity contribution in [1.29, 1.82) is 0 Å². The zero-order valence-electron chi connectivity index (χ0n) is 17.0. The summed E-state index contributed by atoms with van der Waals surface area (Å²) in [5.74, 6) is 0.406. The average Bonchev–Trinajstić information content (AvgIpc) is 3.42. The number of carbonyl (C=O) groups is 1. The molecule has 0 saturated heterocycles. The number of carbonyl (C=O) groups excluding carboxylic acids is 1. The number of hydrogen-bond donors (Lipinski definition) is 1. The fraction of sp³-hybridized carbons (Fsp3) is 0.0333. The van der Waals surface area contributed by atoms with Crippen LogP contribution in [-0.4, -0.2) is 10.9 Å². The van der Waals surface area contributed by atoms with Gasteiger partial charge < -0.3 is 5.11 Å². The number of rotatable bonds is 0. The number of phenolic OH excluding ortho intramolecular Hbond substituents is 1. The van der Waals surface area contributed by atoms with Gasteiger partial charge >= 0.3 is 0 Å². The van der Waals surface area contributed by atoms with Crippen LogP contribution in [0.5, 0.6) is 5.75 Å². The number of aromatic hydroxyl groups is 1. The van der Waals surface area contributed by atoms with Crippen molar-refractivity contribution in [3.8, 4) is 28.0 Å². The SMILES string of the molecule is O=C1c2cccc3c2-c2c1cccc2C31c2ccccc2-c2c1cc(O)c1ccccc21. The Balaban J connectivity index is 1.66. The highest BCUT2D eigenvalue weighted by molar-refractivity contribution is 6.25. The molecule has 32 heavy (non-hydrogen) atoms. The Bertz CT molecular complexity index is 1650. The van der Waals surface area contributed by atoms with E-state index in [1.807, 2.05) is 48.5 Å². The Kier molecular flexibility index (Phi) is 2.67. The molecule has 0 aromatic heterocycles. The molecular formula is C30H16O2. The van der Waals surface area contributed by atoms with Gasteiger partial charge in [0.15, 0.2) is 5.78 Å². The second-order valence-corrected chi connectivity index (χ2v) is 8.94. The van der Waals surface area contributed by atoms with Gasteiger partial charge in [-0.2, -0.15) is 0 Å². The van der Waals surface area contributed by atoms with Crippen LogP contribution in [0.4, 0.5) is 0 Å². The van der Waals surface area contributed by atoms with Gasteiger partial charge in [0.1, 0.15) is 5.75 Å². The summed E-state index contributed by atoms with van der Waals surface area (Å²) < 4.78 is 0. The highest BCUT2D eigenvalue weighted by Gasteiger charge is 2.55. The molecule has 0 amide bonds. The number of hydrogen-bond acceptors (Lipinski definition) is 2. The van der Waals surface area contributed by atoms with Crippen molar-refractivity contribution < 1.29 is 9.90 Å². The van der Waals surface area contributed by atoms with Gasteiger partial charge in [-0.05, 0) is 56.0 Å². The quantitative estimate of drug-likeness (QED) is 0.314. The van der Waals surface area contributed by atoms with Gasteiger partial charge in [0, 0.05) is 16.5 Å². The minimum absolute atomic E-state index is 0.112. The van der Waals surface area contributed by atoms with E-state index in [2.05, 4.69) is 42.5 Å². The topological polar surface area (TPSA) is 37.3 Å². The lowest BCUT2D eigenvalue weighted by molar-refractivity contribution is 0.104. The number of ketones is 1. The molecular weight excluding hydrogens is 392 g/mol. The second-order valence-electron chi connectivity index (χ2n) is 8.94. The Morgan fingerprint density at radius 3 is 1.81 bits per heavy atom. The Morgan fingerprint density at radius 2 is 1.09 bits per heavy atom. The molecule has 0 fully saturated rings. The van der Waals surface area contributed by atoms with E-state index >= 15 is 0 Å². The highest BCUT2D eigenvalue weighted by atomic mass is 16.3. The lowest BCUT2D eigenvalue weighted by Gasteiger charge is -2.31. The monoisotopic (exact) mass is 408 g/mol. The van der Waals surface area contributed by atoms with Crippen LogP contribution in [0.25, 0.3) is 33.0 Å². The average molecular weight is 408 g/mol. The van der Waals surface area contributed by atoms with E-state index in [4.69, 9.17) is 0 Å². The van der Waals surface area contributed by atoms with Gasteiger partial charge in [-0.15, -0.1) is 0 Å². The van der Waals surface area contributed by atoms with Gasteiger partial charge in [0.05, 0.1) is 5.41 Å². The summed E-state index contributed by atoms with van der Waals surface area (Å²) in [6.07, 6.45) is 0. The third-order valence-electron chi connectivity index (χ3n) is 7.70. The van der Waals surface area contributed by atoms with Crippen LogP contribution in [0.1, 0.15) is 38.2 Å². The van der Waals surface area contributed by atoms with Crippen LogP contribution in [0.2, 0.25) is 0 Å². The first-order chi connectivity index (χ1) is 15.7. The summed E-state index contributed by atoms with van der Waals surface area (Å²) in [5, 5.41) is 13.0. The van der Waals surface area contributed by atoms with Gasteiger partial charge in [0.25, 0.3) is 0 Å². The normalized spacial score (nSPS) is 15.3. The predicted molar refractivity (Wildman–Crippen MR) is 125 cm³/mol. The molecule has 3 aliphatic carbocycles. The lowest BCUT2D eigenvalue weighted by atomic mass is 9.69. The third-order valence-corrected chi connectivity index (χ3v) is 7.70. The fourth-order valence-electron chi connectivity index (χ4n) is 6.63. The van der Waals surface area contributed by atoms with E-state index in [1.165, 1.54) is 16.7 Å². The van der Waals surface area contributed by atoms with Crippen molar-refractivity contribution in [1.82, 2.24) is 0 Å². The van der Waals surface area contributed by atoms with Crippen LogP contribution in [-0.2, 0) is 5.41 Å². The Morgan fingerprint density at radius 1 is 0.531 bits per heavy atom. The molecule has 1 spiro atoms. The van der Waals surface area contributed by atoms with Crippen molar-refractivity contribution in [2.24, 2.45) is 0 Å². The van der Waals surface area contributed by atoms with Crippen molar-refractivity contribution in [3.05, 3.63) is 124 Å². The molecule has 0 saturated carbocycles. The van der Waals surface area contributed by atoms with Crippen LogP contribution in [0, 0.1) is 0 Å². The Hall–Kier alpha value is -4.17. The van der Waals surface area contributed by atoms with Crippen LogP contribution < -0.4 is 0 Å².